The molecule has 0 bridgehead atoms. The minimum atomic E-state index is 0.314. The maximum atomic E-state index is 5.98. The van der Waals surface area contributed by atoms with Gasteiger partial charge in [0.25, 0.3) is 0 Å². The molecule has 0 amide bonds. The molecule has 0 aromatic heterocycles. The fourth-order valence-electron chi connectivity index (χ4n) is 4.21. The summed E-state index contributed by atoms with van der Waals surface area (Å²) in [4.78, 5) is 8.54. The van der Waals surface area contributed by atoms with Crippen LogP contribution in [0.2, 0.25) is 0 Å². The number of piperidine rings is 1. The van der Waals surface area contributed by atoms with Crippen molar-refractivity contribution in [3.63, 3.8) is 0 Å². The Labute approximate surface area is 163 Å². The van der Waals surface area contributed by atoms with Crippen LogP contribution in [0, 0.1) is 13.8 Å². The summed E-state index contributed by atoms with van der Waals surface area (Å²) in [5.41, 5.74) is 6.48. The summed E-state index contributed by atoms with van der Waals surface area (Å²) < 4.78 is 0. The number of rotatable bonds is 4. The van der Waals surface area contributed by atoms with Gasteiger partial charge in [0, 0.05) is 0 Å². The highest BCUT2D eigenvalue weighted by Gasteiger charge is 2.34. The topological polar surface area (TPSA) is 15.7 Å². The highest BCUT2D eigenvalue weighted by molar-refractivity contribution is 5.25. The minimum absolute atomic E-state index is 0.314. The van der Waals surface area contributed by atoms with Crippen LogP contribution in [0.1, 0.15) is 41.0 Å². The normalized spacial score (nSPS) is 21.8. The fraction of sp³-hybridized carbons (Fsp3) is 0.417. The number of likely N-dealkylation sites (tertiary alicyclic amines) is 1. The largest absolute Gasteiger partial charge is 0.293 e. The van der Waals surface area contributed by atoms with E-state index in [2.05, 4.69) is 73.9 Å². The molecule has 27 heavy (non-hydrogen) atoms. The maximum absolute atomic E-state index is 5.98. The van der Waals surface area contributed by atoms with Gasteiger partial charge in [0.15, 0.2) is 0 Å². The van der Waals surface area contributed by atoms with E-state index in [1.165, 1.54) is 35.1 Å². The third-order valence-corrected chi connectivity index (χ3v) is 6.06. The van der Waals surface area contributed by atoms with Crippen LogP contribution < -0.4 is 0 Å². The van der Waals surface area contributed by atoms with Crippen LogP contribution in [0.4, 0.5) is 0 Å². The predicted molar refractivity (Wildman–Crippen MR) is 110 cm³/mol. The third-order valence-electron chi connectivity index (χ3n) is 6.06. The zero-order valence-electron chi connectivity index (χ0n) is 16.5. The molecule has 2 aliphatic rings. The van der Waals surface area contributed by atoms with Crippen molar-refractivity contribution in [1.29, 1.82) is 0 Å². The average Bonchev–Trinajstić information content (AvgIpc) is 3.05. The lowest BCUT2D eigenvalue weighted by atomic mass is 9.88. The van der Waals surface area contributed by atoms with Gasteiger partial charge < -0.3 is 0 Å². The molecule has 2 fully saturated rings. The molecule has 1 atom stereocenters. The Morgan fingerprint density at radius 1 is 0.926 bits per heavy atom. The Morgan fingerprint density at radius 3 is 2.15 bits per heavy atom. The Balaban J connectivity index is 1.33. The molecule has 4 rings (SSSR count). The zero-order chi connectivity index (χ0) is 18.8. The van der Waals surface area contributed by atoms with Crippen molar-refractivity contribution < 1.29 is 4.84 Å². The Morgan fingerprint density at radius 2 is 1.52 bits per heavy atom. The third kappa shape index (κ3) is 4.10. The van der Waals surface area contributed by atoms with E-state index < -0.39 is 0 Å². The number of hydrogen-bond donors (Lipinski definition) is 0. The second kappa shape index (κ2) is 7.87. The summed E-state index contributed by atoms with van der Waals surface area (Å²) in [5.74, 6) is 0.682. The monoisotopic (exact) mass is 362 g/mol. The zero-order valence-corrected chi connectivity index (χ0v) is 16.5. The number of aryl methyl sites for hydroxylation is 2. The molecule has 2 aromatic carbocycles. The van der Waals surface area contributed by atoms with E-state index in [0.29, 0.717) is 12.0 Å². The quantitative estimate of drug-likeness (QED) is 0.776. The number of hydrogen-bond acceptors (Lipinski definition) is 3. The van der Waals surface area contributed by atoms with Crippen LogP contribution in [0.15, 0.2) is 60.8 Å². The molecule has 2 aromatic rings. The molecule has 3 nitrogen and oxygen atoms in total. The first-order valence-electron chi connectivity index (χ1n) is 10.1. The lowest BCUT2D eigenvalue weighted by Crippen LogP contribution is -2.42. The van der Waals surface area contributed by atoms with Crippen LogP contribution in [-0.4, -0.2) is 35.7 Å². The van der Waals surface area contributed by atoms with Crippen LogP contribution in [-0.2, 0) is 11.4 Å². The van der Waals surface area contributed by atoms with Gasteiger partial charge in [-0.2, -0.15) is 0 Å². The first kappa shape index (κ1) is 18.3. The average molecular weight is 363 g/mol. The lowest BCUT2D eigenvalue weighted by Gasteiger charge is -2.36. The first-order valence-corrected chi connectivity index (χ1v) is 10.1. The fourth-order valence-corrected chi connectivity index (χ4v) is 4.21. The summed E-state index contributed by atoms with van der Waals surface area (Å²) in [6.07, 6.45) is 2.43. The Bertz CT molecular complexity index is 773. The van der Waals surface area contributed by atoms with E-state index in [0.717, 1.165) is 31.9 Å². The van der Waals surface area contributed by atoms with Crippen molar-refractivity contribution in [2.45, 2.75) is 45.2 Å². The molecule has 3 heteroatoms. The minimum Gasteiger partial charge on any atom is -0.293 e. The van der Waals surface area contributed by atoms with Gasteiger partial charge in [-0.15, -0.1) is 0 Å². The molecular weight excluding hydrogens is 332 g/mol. The van der Waals surface area contributed by atoms with Gasteiger partial charge in [-0.25, -0.2) is 0 Å². The van der Waals surface area contributed by atoms with Crippen LogP contribution in [0.3, 0.4) is 0 Å². The van der Waals surface area contributed by atoms with Crippen molar-refractivity contribution in [3.8, 4) is 0 Å². The van der Waals surface area contributed by atoms with E-state index >= 15 is 0 Å². The van der Waals surface area contributed by atoms with E-state index in [1.54, 1.807) is 0 Å². The first-order chi connectivity index (χ1) is 13.1. The van der Waals surface area contributed by atoms with E-state index in [1.807, 2.05) is 5.06 Å². The van der Waals surface area contributed by atoms with Crippen molar-refractivity contribution >= 4 is 0 Å². The van der Waals surface area contributed by atoms with Crippen LogP contribution in [0.25, 0.3) is 0 Å². The summed E-state index contributed by atoms with van der Waals surface area (Å²) >= 11 is 0. The molecule has 2 heterocycles. The number of hydroxylamine groups is 2. The Kier molecular flexibility index (Phi) is 5.33. The summed E-state index contributed by atoms with van der Waals surface area (Å²) in [5, 5.41) is 1.99. The van der Waals surface area contributed by atoms with Gasteiger partial charge in [-0.1, -0.05) is 66.2 Å². The van der Waals surface area contributed by atoms with Gasteiger partial charge >= 0.3 is 0 Å². The van der Waals surface area contributed by atoms with E-state index in [-0.39, 0.29) is 0 Å². The van der Waals surface area contributed by atoms with Crippen LogP contribution in [0.5, 0.6) is 0 Å². The highest BCUT2D eigenvalue weighted by atomic mass is 16.7. The molecule has 0 radical (unpaired) electrons. The Hall–Kier alpha value is -2.10. The van der Waals surface area contributed by atoms with E-state index in [9.17, 15) is 0 Å². The second-order valence-corrected chi connectivity index (χ2v) is 8.05. The van der Waals surface area contributed by atoms with Crippen LogP contribution >= 0.6 is 0 Å². The maximum Gasteiger partial charge on any atom is 0.0960 e. The summed E-state index contributed by atoms with van der Waals surface area (Å²) in [6.45, 7) is 12.3. The lowest BCUT2D eigenvalue weighted by molar-refractivity contribution is -0.100. The predicted octanol–water partition coefficient (Wildman–Crippen LogP) is 4.81. The van der Waals surface area contributed by atoms with Crippen molar-refractivity contribution in [1.82, 2.24) is 9.96 Å². The molecule has 0 saturated carbocycles. The highest BCUT2D eigenvalue weighted by Crippen LogP contribution is 2.32. The van der Waals surface area contributed by atoms with Gasteiger partial charge in [0.1, 0.15) is 0 Å². The molecule has 142 valence electrons. The van der Waals surface area contributed by atoms with Gasteiger partial charge in [0.2, 0.25) is 0 Å². The molecule has 2 saturated heterocycles. The number of nitrogens with zero attached hydrogens (tertiary/aromatic N) is 2. The van der Waals surface area contributed by atoms with Crippen molar-refractivity contribution in [2.24, 2.45) is 0 Å². The van der Waals surface area contributed by atoms with Gasteiger partial charge in [0.05, 0.1) is 24.9 Å². The standard InChI is InChI=1S/C24H30N2O/c1-18-4-8-21(9-5-18)16-26-20(3)24(17-27-26)25-14-12-23(13-15-25)22-10-6-19(2)7-11-22/h4-11,23-24H,3,12-17H2,1-2H3. The summed E-state index contributed by atoms with van der Waals surface area (Å²) in [6, 6.07) is 18.0. The molecule has 0 spiro atoms. The second-order valence-electron chi connectivity index (χ2n) is 8.05. The molecule has 0 N–H and O–H groups in total. The van der Waals surface area contributed by atoms with Crippen molar-refractivity contribution in [3.05, 3.63) is 83.1 Å². The van der Waals surface area contributed by atoms with Gasteiger partial charge in [-0.05, 0) is 56.8 Å². The van der Waals surface area contributed by atoms with E-state index in [4.69, 9.17) is 4.84 Å². The van der Waals surface area contributed by atoms with Gasteiger partial charge in [-0.3, -0.25) is 14.8 Å². The smallest absolute Gasteiger partial charge is 0.0960 e. The molecule has 0 aliphatic carbocycles. The summed E-state index contributed by atoms with van der Waals surface area (Å²) in [7, 11) is 0. The molecular formula is C24H30N2O. The number of benzene rings is 2. The molecule has 1 unspecified atom stereocenters. The van der Waals surface area contributed by atoms with Crippen molar-refractivity contribution in [2.75, 3.05) is 19.7 Å². The molecule has 2 aliphatic heterocycles. The SMILES string of the molecule is C=C1C(N2CCC(c3ccc(C)cc3)CC2)CON1Cc1ccc(C)cc1.